The summed E-state index contributed by atoms with van der Waals surface area (Å²) in [6.45, 7) is 0.168. The summed E-state index contributed by atoms with van der Waals surface area (Å²) >= 11 is 12.1. The Bertz CT molecular complexity index is 922. The maximum absolute atomic E-state index is 12.7. The molecular weight excluding hydrogens is 369 g/mol. The van der Waals surface area contributed by atoms with E-state index in [-0.39, 0.29) is 33.5 Å². The van der Waals surface area contributed by atoms with E-state index in [0.29, 0.717) is 17.2 Å². The Hall–Kier alpha value is -2.35. The minimum Gasteiger partial charge on any atom is -0.494 e. The number of aromatic nitrogens is 2. The Balaban J connectivity index is 2.04. The van der Waals surface area contributed by atoms with Gasteiger partial charge in [-0.2, -0.15) is 0 Å². The van der Waals surface area contributed by atoms with E-state index in [1.807, 2.05) is 0 Å². The van der Waals surface area contributed by atoms with Gasteiger partial charge in [0.2, 0.25) is 5.89 Å². The van der Waals surface area contributed by atoms with Gasteiger partial charge in [-0.3, -0.25) is 9.78 Å². The molecule has 0 aliphatic rings. The molecule has 25 heavy (non-hydrogen) atoms. The van der Waals surface area contributed by atoms with Gasteiger partial charge in [0, 0.05) is 19.5 Å². The lowest BCUT2D eigenvalue weighted by Crippen LogP contribution is -2.13. The number of nitrogens with one attached hydrogen (secondary N) is 1. The molecule has 2 aromatic heterocycles. The first-order valence-electron chi connectivity index (χ1n) is 7.10. The van der Waals surface area contributed by atoms with E-state index >= 15 is 0 Å². The van der Waals surface area contributed by atoms with Gasteiger partial charge < -0.3 is 19.2 Å². The Labute approximate surface area is 152 Å². The predicted octanol–water partition coefficient (Wildman–Crippen LogP) is 3.94. The predicted molar refractivity (Wildman–Crippen MR) is 93.5 cm³/mol. The number of halogens is 2. The van der Waals surface area contributed by atoms with Crippen LogP contribution in [0.1, 0.15) is 16.2 Å². The van der Waals surface area contributed by atoms with Crippen LogP contribution in [0.2, 0.25) is 10.0 Å². The second kappa shape index (κ2) is 7.26. The van der Waals surface area contributed by atoms with Crippen LogP contribution in [0.5, 0.6) is 5.75 Å². The fraction of sp³-hybridized carbons (Fsp3) is 0.188. The van der Waals surface area contributed by atoms with E-state index < -0.39 is 5.91 Å². The van der Waals surface area contributed by atoms with Gasteiger partial charge in [0.1, 0.15) is 12.4 Å². The van der Waals surface area contributed by atoms with Crippen LogP contribution in [0.15, 0.2) is 28.9 Å². The Kier molecular flexibility index (Phi) is 5.08. The number of fused-ring (bicyclic) bond motifs is 1. The molecule has 0 spiro atoms. The first-order valence-corrected chi connectivity index (χ1v) is 7.86. The normalized spacial score (nSPS) is 10.9. The molecule has 0 saturated carbocycles. The first kappa shape index (κ1) is 17.5. The third kappa shape index (κ3) is 3.39. The van der Waals surface area contributed by atoms with Gasteiger partial charge in [-0.25, -0.2) is 4.98 Å². The summed E-state index contributed by atoms with van der Waals surface area (Å²) in [7, 11) is 3.03. The van der Waals surface area contributed by atoms with E-state index in [1.165, 1.54) is 26.6 Å². The zero-order valence-corrected chi connectivity index (χ0v) is 14.8. The number of benzene rings is 1. The number of ether oxygens (including phenoxy) is 2. The number of hydrogen-bond acceptors (Lipinski definition) is 6. The van der Waals surface area contributed by atoms with Crippen molar-refractivity contribution in [2.45, 2.75) is 6.61 Å². The lowest BCUT2D eigenvalue weighted by atomic mass is 10.1. The molecule has 0 saturated heterocycles. The highest BCUT2D eigenvalue weighted by Gasteiger charge is 2.20. The number of nitrogens with zero attached hydrogens (tertiary/aromatic N) is 2. The Morgan fingerprint density at radius 1 is 1.24 bits per heavy atom. The maximum atomic E-state index is 12.7. The van der Waals surface area contributed by atoms with Crippen LogP contribution < -0.4 is 10.1 Å². The van der Waals surface area contributed by atoms with Gasteiger partial charge in [-0.15, -0.1) is 0 Å². The van der Waals surface area contributed by atoms with Crippen LogP contribution >= 0.6 is 23.2 Å². The van der Waals surface area contributed by atoms with Crippen LogP contribution in [0.25, 0.3) is 11.1 Å². The summed E-state index contributed by atoms with van der Waals surface area (Å²) in [6.07, 6.45) is 2.77. The zero-order valence-electron chi connectivity index (χ0n) is 13.3. The largest absolute Gasteiger partial charge is 0.494 e. The molecule has 0 fully saturated rings. The molecule has 9 heteroatoms. The topological polar surface area (TPSA) is 86.5 Å². The number of hydrogen-bond donors (Lipinski definition) is 1. The molecule has 3 rings (SSSR count). The highest BCUT2D eigenvalue weighted by molar-refractivity contribution is 6.39. The van der Waals surface area contributed by atoms with Gasteiger partial charge in [-0.05, 0) is 12.1 Å². The van der Waals surface area contributed by atoms with Crippen LogP contribution in [0.4, 0.5) is 5.69 Å². The summed E-state index contributed by atoms with van der Waals surface area (Å²) < 4.78 is 15.9. The molecule has 0 unspecified atom stereocenters. The van der Waals surface area contributed by atoms with Crippen molar-refractivity contribution in [2.24, 2.45) is 0 Å². The summed E-state index contributed by atoms with van der Waals surface area (Å²) in [6, 6.07) is 3.20. The summed E-state index contributed by atoms with van der Waals surface area (Å²) in [5, 5.41) is 3.11. The van der Waals surface area contributed by atoms with Gasteiger partial charge >= 0.3 is 0 Å². The van der Waals surface area contributed by atoms with Crippen LogP contribution in [0.3, 0.4) is 0 Å². The number of methoxy groups -OCH3 is 2. The molecular formula is C16H13Cl2N3O4. The van der Waals surface area contributed by atoms with E-state index in [0.717, 1.165) is 0 Å². The molecule has 2 heterocycles. The van der Waals surface area contributed by atoms with Crippen molar-refractivity contribution in [1.82, 2.24) is 9.97 Å². The van der Waals surface area contributed by atoms with Crippen molar-refractivity contribution in [3.63, 3.8) is 0 Å². The SMILES string of the molecule is COCc1nc2c(OC)ccc(C(=O)Nc3c(Cl)cncc3Cl)c2o1. The van der Waals surface area contributed by atoms with E-state index in [2.05, 4.69) is 15.3 Å². The monoisotopic (exact) mass is 381 g/mol. The Morgan fingerprint density at radius 3 is 2.60 bits per heavy atom. The standard InChI is InChI=1S/C16H13Cl2N3O4/c1-23-7-12-20-14-11(24-2)4-3-8(15(14)25-12)16(22)21-13-9(17)5-19-6-10(13)18/h3-6H,7H2,1-2H3,(H,19,21,22). The number of rotatable bonds is 5. The maximum Gasteiger partial charge on any atom is 0.259 e. The van der Waals surface area contributed by atoms with Crippen LogP contribution in [-0.2, 0) is 11.3 Å². The first-order chi connectivity index (χ1) is 12.0. The number of carbonyl (C=O) groups excluding carboxylic acids is 1. The molecule has 0 aliphatic carbocycles. The smallest absolute Gasteiger partial charge is 0.259 e. The number of carbonyl (C=O) groups is 1. The minimum absolute atomic E-state index is 0.168. The van der Waals surface area contributed by atoms with Crippen molar-refractivity contribution in [3.05, 3.63) is 46.0 Å². The highest BCUT2D eigenvalue weighted by Crippen LogP contribution is 2.32. The summed E-state index contributed by atoms with van der Waals surface area (Å²) in [5.74, 6) is 0.358. The van der Waals surface area contributed by atoms with Gasteiger partial charge in [-0.1, -0.05) is 23.2 Å². The van der Waals surface area contributed by atoms with E-state index in [9.17, 15) is 4.79 Å². The zero-order chi connectivity index (χ0) is 18.0. The number of oxazole rings is 1. The molecule has 7 nitrogen and oxygen atoms in total. The van der Waals surface area contributed by atoms with Crippen molar-refractivity contribution in [1.29, 1.82) is 0 Å². The van der Waals surface area contributed by atoms with Crippen molar-refractivity contribution < 1.29 is 18.7 Å². The highest BCUT2D eigenvalue weighted by atomic mass is 35.5. The average molecular weight is 382 g/mol. The lowest BCUT2D eigenvalue weighted by molar-refractivity contribution is 0.102. The fourth-order valence-electron chi connectivity index (χ4n) is 2.27. The molecule has 1 aromatic carbocycles. The molecule has 1 N–H and O–H groups in total. The second-order valence-corrected chi connectivity index (χ2v) is 5.78. The second-order valence-electron chi connectivity index (χ2n) is 4.97. The fourth-order valence-corrected chi connectivity index (χ4v) is 2.73. The van der Waals surface area contributed by atoms with Gasteiger partial charge in [0.05, 0.1) is 28.4 Å². The van der Waals surface area contributed by atoms with Crippen molar-refractivity contribution in [2.75, 3.05) is 19.5 Å². The molecule has 3 aromatic rings. The molecule has 0 bridgehead atoms. The van der Waals surface area contributed by atoms with Crippen LogP contribution in [0, 0.1) is 0 Å². The van der Waals surface area contributed by atoms with Crippen molar-refractivity contribution >= 4 is 45.9 Å². The van der Waals surface area contributed by atoms with Crippen LogP contribution in [-0.4, -0.2) is 30.1 Å². The van der Waals surface area contributed by atoms with Gasteiger partial charge in [0.15, 0.2) is 11.1 Å². The average Bonchev–Trinajstić information content (AvgIpc) is 3.01. The van der Waals surface area contributed by atoms with Gasteiger partial charge in [0.25, 0.3) is 5.91 Å². The summed E-state index contributed by atoms with van der Waals surface area (Å²) in [4.78, 5) is 20.8. The molecule has 1 amide bonds. The summed E-state index contributed by atoms with van der Waals surface area (Å²) in [5.41, 5.74) is 1.23. The van der Waals surface area contributed by atoms with Crippen molar-refractivity contribution in [3.8, 4) is 5.75 Å². The molecule has 0 aliphatic heterocycles. The lowest BCUT2D eigenvalue weighted by Gasteiger charge is -2.09. The molecule has 130 valence electrons. The minimum atomic E-state index is -0.456. The van der Waals surface area contributed by atoms with E-state index in [4.69, 9.17) is 37.1 Å². The molecule has 0 radical (unpaired) electrons. The molecule has 0 atom stereocenters. The third-order valence-corrected chi connectivity index (χ3v) is 3.95. The number of pyridine rings is 1. The quantitative estimate of drug-likeness (QED) is 0.720. The number of amides is 1. The van der Waals surface area contributed by atoms with E-state index in [1.54, 1.807) is 12.1 Å². The Morgan fingerprint density at radius 2 is 1.96 bits per heavy atom. The third-order valence-electron chi connectivity index (χ3n) is 3.38. The number of anilines is 1.